The molecule has 0 aliphatic rings. The van der Waals surface area contributed by atoms with E-state index in [9.17, 15) is 4.79 Å². The van der Waals surface area contributed by atoms with Gasteiger partial charge in [0.2, 0.25) is 5.43 Å². The molecule has 2 aromatic rings. The van der Waals surface area contributed by atoms with E-state index in [0.29, 0.717) is 17.0 Å². The highest BCUT2D eigenvalue weighted by atomic mass is 16.1. The number of hydrazone groups is 1. The summed E-state index contributed by atoms with van der Waals surface area (Å²) >= 11 is 0. The molecule has 0 aliphatic heterocycles. The van der Waals surface area contributed by atoms with E-state index in [0.717, 1.165) is 5.69 Å². The van der Waals surface area contributed by atoms with Crippen molar-refractivity contribution in [3.05, 3.63) is 70.4 Å². The van der Waals surface area contributed by atoms with Gasteiger partial charge in [-0.05, 0) is 31.2 Å². The lowest BCUT2D eigenvalue weighted by atomic mass is 10.2. The molecule has 4 heteroatoms. The highest BCUT2D eigenvalue weighted by Gasteiger charge is 2.05. The van der Waals surface area contributed by atoms with Crippen LogP contribution in [0.25, 0.3) is 0 Å². The molecule has 20 heavy (non-hydrogen) atoms. The standard InChI is InChI=1S/C16H17N3O/c1-12(18-19-13-8-4-3-5-9-13)14-10-6-7-11-15(17-2)16(14)20/h3-11,19H,1-2H3,(H,17,20)/b18-12+. The predicted molar refractivity (Wildman–Crippen MR) is 84.5 cm³/mol. The van der Waals surface area contributed by atoms with Crippen molar-refractivity contribution in [2.24, 2.45) is 5.10 Å². The van der Waals surface area contributed by atoms with Gasteiger partial charge in [-0.15, -0.1) is 0 Å². The molecule has 0 amide bonds. The lowest BCUT2D eigenvalue weighted by Crippen LogP contribution is -2.15. The van der Waals surface area contributed by atoms with Crippen LogP contribution in [-0.4, -0.2) is 12.8 Å². The normalized spacial score (nSPS) is 11.0. The second-order valence-electron chi connectivity index (χ2n) is 4.30. The van der Waals surface area contributed by atoms with Crippen molar-refractivity contribution in [3.63, 3.8) is 0 Å². The molecule has 102 valence electrons. The lowest BCUT2D eigenvalue weighted by molar-refractivity contribution is 1.32. The van der Waals surface area contributed by atoms with Crippen LogP contribution in [0.4, 0.5) is 11.4 Å². The maximum absolute atomic E-state index is 12.3. The fourth-order valence-corrected chi connectivity index (χ4v) is 1.80. The smallest absolute Gasteiger partial charge is 0.210 e. The zero-order valence-electron chi connectivity index (χ0n) is 11.6. The number of rotatable bonds is 4. The zero-order valence-corrected chi connectivity index (χ0v) is 11.6. The molecule has 0 bridgehead atoms. The van der Waals surface area contributed by atoms with E-state index in [2.05, 4.69) is 15.8 Å². The van der Waals surface area contributed by atoms with Gasteiger partial charge in [-0.2, -0.15) is 5.10 Å². The van der Waals surface area contributed by atoms with Crippen LogP contribution < -0.4 is 16.2 Å². The van der Waals surface area contributed by atoms with E-state index in [1.165, 1.54) is 0 Å². The molecule has 0 fully saturated rings. The minimum Gasteiger partial charge on any atom is -0.385 e. The summed E-state index contributed by atoms with van der Waals surface area (Å²) in [5, 5.41) is 7.16. The van der Waals surface area contributed by atoms with Crippen LogP contribution in [0.1, 0.15) is 12.5 Å². The van der Waals surface area contributed by atoms with E-state index in [-0.39, 0.29) is 5.43 Å². The number of hydrogen-bond acceptors (Lipinski definition) is 4. The van der Waals surface area contributed by atoms with Crippen LogP contribution >= 0.6 is 0 Å². The number of hydrogen-bond donors (Lipinski definition) is 2. The number of nitrogens with zero attached hydrogens (tertiary/aromatic N) is 1. The van der Waals surface area contributed by atoms with Crippen molar-refractivity contribution in [3.8, 4) is 0 Å². The van der Waals surface area contributed by atoms with Crippen molar-refractivity contribution in [2.75, 3.05) is 17.8 Å². The summed E-state index contributed by atoms with van der Waals surface area (Å²) in [6.45, 7) is 1.81. The second kappa shape index (κ2) is 6.52. The van der Waals surface area contributed by atoms with Gasteiger partial charge in [0.1, 0.15) is 0 Å². The molecule has 0 unspecified atom stereocenters. The first kappa shape index (κ1) is 13.8. The van der Waals surface area contributed by atoms with Crippen LogP contribution in [0.15, 0.2) is 64.5 Å². The largest absolute Gasteiger partial charge is 0.385 e. The third-order valence-electron chi connectivity index (χ3n) is 2.91. The Hall–Kier alpha value is -2.62. The Morgan fingerprint density at radius 3 is 2.35 bits per heavy atom. The molecule has 0 saturated heterocycles. The summed E-state index contributed by atoms with van der Waals surface area (Å²) < 4.78 is 0. The van der Waals surface area contributed by atoms with E-state index >= 15 is 0 Å². The summed E-state index contributed by atoms with van der Waals surface area (Å²) in [5.74, 6) is 0. The van der Waals surface area contributed by atoms with Gasteiger partial charge in [0.25, 0.3) is 0 Å². The van der Waals surface area contributed by atoms with Crippen molar-refractivity contribution in [2.45, 2.75) is 6.92 Å². The Morgan fingerprint density at radius 2 is 1.65 bits per heavy atom. The summed E-state index contributed by atoms with van der Waals surface area (Å²) in [4.78, 5) is 12.3. The first-order chi connectivity index (χ1) is 9.72. The van der Waals surface area contributed by atoms with Gasteiger partial charge in [0.15, 0.2) is 0 Å². The van der Waals surface area contributed by atoms with Gasteiger partial charge in [-0.25, -0.2) is 0 Å². The quantitative estimate of drug-likeness (QED) is 0.661. The van der Waals surface area contributed by atoms with Crippen molar-refractivity contribution in [1.82, 2.24) is 0 Å². The predicted octanol–water partition coefficient (Wildman–Crippen LogP) is 2.92. The molecule has 0 aromatic heterocycles. The third-order valence-corrected chi connectivity index (χ3v) is 2.91. The van der Waals surface area contributed by atoms with Gasteiger partial charge in [0, 0.05) is 12.6 Å². The number of para-hydroxylation sites is 1. The molecule has 0 atom stereocenters. The van der Waals surface area contributed by atoms with Gasteiger partial charge in [-0.1, -0.05) is 30.3 Å². The number of benzene rings is 1. The highest BCUT2D eigenvalue weighted by molar-refractivity contribution is 5.99. The molecule has 0 heterocycles. The molecular formula is C16H17N3O. The molecule has 0 radical (unpaired) electrons. The van der Waals surface area contributed by atoms with Crippen LogP contribution in [-0.2, 0) is 0 Å². The summed E-state index contributed by atoms with van der Waals surface area (Å²) in [7, 11) is 1.73. The molecule has 0 spiro atoms. The summed E-state index contributed by atoms with van der Waals surface area (Å²) in [5.41, 5.74) is 5.54. The van der Waals surface area contributed by atoms with Crippen LogP contribution in [0.3, 0.4) is 0 Å². The zero-order chi connectivity index (χ0) is 14.4. The van der Waals surface area contributed by atoms with Crippen molar-refractivity contribution in [1.29, 1.82) is 0 Å². The fraction of sp³-hybridized carbons (Fsp3) is 0.125. The van der Waals surface area contributed by atoms with Crippen molar-refractivity contribution >= 4 is 17.1 Å². The van der Waals surface area contributed by atoms with E-state index in [1.807, 2.05) is 49.4 Å². The first-order valence-electron chi connectivity index (χ1n) is 6.39. The Labute approximate surface area is 118 Å². The van der Waals surface area contributed by atoms with Crippen LogP contribution in [0.5, 0.6) is 0 Å². The SMILES string of the molecule is CNc1ccccc(/C(C)=N/Nc2ccccc2)c1=O. The highest BCUT2D eigenvalue weighted by Crippen LogP contribution is 2.06. The Bertz CT molecular complexity index is 666. The van der Waals surface area contributed by atoms with E-state index in [4.69, 9.17) is 0 Å². The summed E-state index contributed by atoms with van der Waals surface area (Å²) in [6, 6.07) is 16.8. The van der Waals surface area contributed by atoms with Gasteiger partial charge in [0.05, 0.1) is 17.1 Å². The Morgan fingerprint density at radius 1 is 1.00 bits per heavy atom. The van der Waals surface area contributed by atoms with Crippen molar-refractivity contribution < 1.29 is 0 Å². The molecule has 2 aromatic carbocycles. The maximum atomic E-state index is 12.3. The van der Waals surface area contributed by atoms with Gasteiger partial charge >= 0.3 is 0 Å². The minimum atomic E-state index is -0.0615. The minimum absolute atomic E-state index is 0.0615. The molecular weight excluding hydrogens is 250 g/mol. The Balaban J connectivity index is 2.32. The molecule has 2 rings (SSSR count). The fourth-order valence-electron chi connectivity index (χ4n) is 1.80. The molecule has 4 nitrogen and oxygen atoms in total. The molecule has 2 N–H and O–H groups in total. The second-order valence-corrected chi connectivity index (χ2v) is 4.30. The average Bonchev–Trinajstić information content (AvgIpc) is 2.67. The monoisotopic (exact) mass is 267 g/mol. The Kier molecular flexibility index (Phi) is 4.50. The lowest BCUT2D eigenvalue weighted by Gasteiger charge is -2.02. The maximum Gasteiger partial charge on any atom is 0.210 e. The van der Waals surface area contributed by atoms with Gasteiger partial charge < -0.3 is 5.32 Å². The number of nitrogens with one attached hydrogen (secondary N) is 2. The number of anilines is 2. The average molecular weight is 267 g/mol. The first-order valence-corrected chi connectivity index (χ1v) is 6.39. The van der Waals surface area contributed by atoms with E-state index < -0.39 is 0 Å². The van der Waals surface area contributed by atoms with Crippen LogP contribution in [0.2, 0.25) is 0 Å². The van der Waals surface area contributed by atoms with Crippen LogP contribution in [0, 0.1) is 0 Å². The third kappa shape index (κ3) is 3.23. The summed E-state index contributed by atoms with van der Waals surface area (Å²) in [6.07, 6.45) is 0. The molecule has 0 saturated carbocycles. The van der Waals surface area contributed by atoms with E-state index in [1.54, 1.807) is 19.2 Å². The topological polar surface area (TPSA) is 53.5 Å². The van der Waals surface area contributed by atoms with Gasteiger partial charge in [-0.3, -0.25) is 10.2 Å². The molecule has 0 aliphatic carbocycles.